The first kappa shape index (κ1) is 13.1. The lowest BCUT2D eigenvalue weighted by atomic mass is 9.89. The van der Waals surface area contributed by atoms with E-state index in [2.05, 4.69) is 15.5 Å². The predicted molar refractivity (Wildman–Crippen MR) is 78.4 cm³/mol. The summed E-state index contributed by atoms with van der Waals surface area (Å²) in [5.74, 6) is 0.935. The Morgan fingerprint density at radius 1 is 1.10 bits per heavy atom. The summed E-state index contributed by atoms with van der Waals surface area (Å²) < 4.78 is 0. The van der Waals surface area contributed by atoms with Crippen molar-refractivity contribution in [1.82, 2.24) is 15.5 Å². The summed E-state index contributed by atoms with van der Waals surface area (Å²) in [4.78, 5) is 14.9. The van der Waals surface area contributed by atoms with Crippen LogP contribution in [0, 0.1) is 5.92 Å². The lowest BCUT2D eigenvalue weighted by Crippen LogP contribution is -2.44. The van der Waals surface area contributed by atoms with Crippen LogP contribution in [0.2, 0.25) is 0 Å². The first-order valence-corrected chi connectivity index (χ1v) is 8.57. The quantitative estimate of drug-likeness (QED) is 0.816. The fraction of sp³-hybridized carbons (Fsp3) is 0.938. The van der Waals surface area contributed by atoms with Gasteiger partial charge in [-0.1, -0.05) is 0 Å². The lowest BCUT2D eigenvalue weighted by Gasteiger charge is -2.29. The maximum absolute atomic E-state index is 12.3. The van der Waals surface area contributed by atoms with E-state index in [1.165, 1.54) is 51.6 Å². The molecular weight excluding hydrogens is 250 g/mol. The van der Waals surface area contributed by atoms with Gasteiger partial charge >= 0.3 is 0 Å². The van der Waals surface area contributed by atoms with Crippen LogP contribution in [0.1, 0.15) is 51.4 Å². The third-order valence-corrected chi connectivity index (χ3v) is 6.00. The Morgan fingerprint density at radius 2 is 1.90 bits per heavy atom. The zero-order valence-corrected chi connectivity index (χ0v) is 12.3. The Balaban J connectivity index is 1.28. The Bertz CT molecular complexity index is 374. The van der Waals surface area contributed by atoms with Gasteiger partial charge in [0.25, 0.3) is 0 Å². The summed E-state index contributed by atoms with van der Waals surface area (Å²) >= 11 is 0. The second-order valence-electron chi connectivity index (χ2n) is 7.39. The van der Waals surface area contributed by atoms with Crippen molar-refractivity contribution >= 4 is 5.91 Å². The van der Waals surface area contributed by atoms with Gasteiger partial charge in [0.05, 0.1) is 0 Å². The summed E-state index contributed by atoms with van der Waals surface area (Å²) in [6, 6.07) is 2.47. The molecule has 0 aromatic carbocycles. The molecule has 4 fully saturated rings. The number of amides is 1. The molecule has 0 saturated carbocycles. The zero-order valence-electron chi connectivity index (χ0n) is 12.3. The zero-order chi connectivity index (χ0) is 13.5. The van der Waals surface area contributed by atoms with Gasteiger partial charge in [-0.25, -0.2) is 0 Å². The van der Waals surface area contributed by atoms with E-state index in [0.717, 1.165) is 12.8 Å². The fourth-order valence-corrected chi connectivity index (χ4v) is 5.12. The van der Waals surface area contributed by atoms with Crippen molar-refractivity contribution in [2.75, 3.05) is 13.1 Å². The van der Waals surface area contributed by atoms with Gasteiger partial charge in [0.2, 0.25) is 5.91 Å². The number of hydrogen-bond acceptors (Lipinski definition) is 3. The molecule has 4 unspecified atom stereocenters. The summed E-state index contributed by atoms with van der Waals surface area (Å²) in [6.45, 7) is 2.43. The van der Waals surface area contributed by atoms with Gasteiger partial charge in [0.15, 0.2) is 0 Å². The minimum absolute atomic E-state index is 0.315. The smallest absolute Gasteiger partial charge is 0.220 e. The highest BCUT2D eigenvalue weighted by Crippen LogP contribution is 2.33. The summed E-state index contributed by atoms with van der Waals surface area (Å²) in [5, 5.41) is 7.01. The molecule has 2 bridgehead atoms. The topological polar surface area (TPSA) is 44.4 Å². The van der Waals surface area contributed by atoms with Gasteiger partial charge in [-0.3, -0.25) is 9.69 Å². The van der Waals surface area contributed by atoms with Crippen LogP contribution in [0.5, 0.6) is 0 Å². The molecule has 2 N–H and O–H groups in total. The molecule has 0 radical (unpaired) electrons. The third-order valence-electron chi connectivity index (χ3n) is 6.00. The van der Waals surface area contributed by atoms with Gasteiger partial charge < -0.3 is 10.6 Å². The molecule has 1 amide bonds. The number of hydrogen-bond donors (Lipinski definition) is 2. The molecular formula is C16H27N3O. The summed E-state index contributed by atoms with van der Waals surface area (Å²) in [6.07, 6.45) is 9.59. The molecule has 112 valence electrons. The SMILES string of the molecule is O=C(CC1CC2CCC(C1)N2)NC1CCN2CCCC12. The minimum atomic E-state index is 0.315. The van der Waals surface area contributed by atoms with E-state index in [4.69, 9.17) is 0 Å². The number of fused-ring (bicyclic) bond motifs is 3. The van der Waals surface area contributed by atoms with Gasteiger partial charge in [-0.15, -0.1) is 0 Å². The Kier molecular flexibility index (Phi) is 3.47. The number of carbonyl (C=O) groups is 1. The van der Waals surface area contributed by atoms with Gasteiger partial charge in [-0.05, 0) is 57.4 Å². The number of rotatable bonds is 3. The highest BCUT2D eigenvalue weighted by molar-refractivity contribution is 5.76. The van der Waals surface area contributed by atoms with E-state index in [9.17, 15) is 4.79 Å². The van der Waals surface area contributed by atoms with Gasteiger partial charge in [0, 0.05) is 37.1 Å². The first-order chi connectivity index (χ1) is 9.78. The van der Waals surface area contributed by atoms with Gasteiger partial charge in [0.1, 0.15) is 0 Å². The van der Waals surface area contributed by atoms with E-state index in [1.54, 1.807) is 0 Å². The average Bonchev–Trinajstić information content (AvgIpc) is 3.08. The van der Waals surface area contributed by atoms with Crippen LogP contribution in [0.15, 0.2) is 0 Å². The molecule has 4 heteroatoms. The molecule has 4 rings (SSSR count). The average molecular weight is 277 g/mol. The molecule has 4 heterocycles. The number of carbonyl (C=O) groups excluding carboxylic acids is 1. The van der Waals surface area contributed by atoms with Crippen molar-refractivity contribution in [3.63, 3.8) is 0 Å². The van der Waals surface area contributed by atoms with Crippen molar-refractivity contribution in [1.29, 1.82) is 0 Å². The van der Waals surface area contributed by atoms with Crippen LogP contribution >= 0.6 is 0 Å². The molecule has 4 aliphatic heterocycles. The molecule has 20 heavy (non-hydrogen) atoms. The van der Waals surface area contributed by atoms with E-state index in [0.29, 0.717) is 36.0 Å². The number of piperidine rings is 1. The van der Waals surface area contributed by atoms with Crippen molar-refractivity contribution in [3.8, 4) is 0 Å². The molecule has 4 atom stereocenters. The molecule has 0 aliphatic carbocycles. The van der Waals surface area contributed by atoms with Crippen molar-refractivity contribution in [2.24, 2.45) is 5.92 Å². The highest BCUT2D eigenvalue weighted by Gasteiger charge is 2.39. The highest BCUT2D eigenvalue weighted by atomic mass is 16.1. The van der Waals surface area contributed by atoms with E-state index in [-0.39, 0.29) is 0 Å². The van der Waals surface area contributed by atoms with E-state index >= 15 is 0 Å². The molecule has 0 spiro atoms. The summed E-state index contributed by atoms with van der Waals surface area (Å²) in [7, 11) is 0. The normalized spacial score (nSPS) is 43.7. The van der Waals surface area contributed by atoms with Crippen molar-refractivity contribution in [3.05, 3.63) is 0 Å². The van der Waals surface area contributed by atoms with Crippen LogP contribution in [0.4, 0.5) is 0 Å². The van der Waals surface area contributed by atoms with Crippen LogP contribution in [0.25, 0.3) is 0 Å². The van der Waals surface area contributed by atoms with Crippen LogP contribution < -0.4 is 10.6 Å². The van der Waals surface area contributed by atoms with Crippen LogP contribution in [0.3, 0.4) is 0 Å². The number of nitrogens with zero attached hydrogens (tertiary/aromatic N) is 1. The standard InChI is InChI=1S/C16H27N3O/c20-16(10-11-8-12-3-4-13(9-11)17-12)18-14-5-7-19-6-1-2-15(14)19/h11-15,17H,1-10H2,(H,18,20). The molecule has 4 saturated heterocycles. The molecule has 0 aromatic rings. The van der Waals surface area contributed by atoms with Crippen LogP contribution in [-0.4, -0.2) is 48.1 Å². The third kappa shape index (κ3) is 2.48. The molecule has 4 nitrogen and oxygen atoms in total. The van der Waals surface area contributed by atoms with Crippen LogP contribution in [-0.2, 0) is 4.79 Å². The predicted octanol–water partition coefficient (Wildman–Crippen LogP) is 1.26. The largest absolute Gasteiger partial charge is 0.352 e. The molecule has 4 aliphatic rings. The minimum Gasteiger partial charge on any atom is -0.352 e. The fourth-order valence-electron chi connectivity index (χ4n) is 5.12. The van der Waals surface area contributed by atoms with Crippen molar-refractivity contribution in [2.45, 2.75) is 75.5 Å². The lowest BCUT2D eigenvalue weighted by molar-refractivity contribution is -0.123. The maximum Gasteiger partial charge on any atom is 0.220 e. The second kappa shape index (κ2) is 5.30. The summed E-state index contributed by atoms with van der Waals surface area (Å²) in [5.41, 5.74) is 0. The monoisotopic (exact) mass is 277 g/mol. The Morgan fingerprint density at radius 3 is 2.70 bits per heavy atom. The Labute approximate surface area is 121 Å². The Hall–Kier alpha value is -0.610. The van der Waals surface area contributed by atoms with E-state index < -0.39 is 0 Å². The number of nitrogens with one attached hydrogen (secondary N) is 2. The molecule has 0 aromatic heterocycles. The van der Waals surface area contributed by atoms with Gasteiger partial charge in [-0.2, -0.15) is 0 Å². The maximum atomic E-state index is 12.3. The first-order valence-electron chi connectivity index (χ1n) is 8.57. The second-order valence-corrected chi connectivity index (χ2v) is 7.39. The van der Waals surface area contributed by atoms with Crippen molar-refractivity contribution < 1.29 is 4.79 Å². The van der Waals surface area contributed by atoms with E-state index in [1.807, 2.05) is 0 Å².